The first-order valence-electron chi connectivity index (χ1n) is 13.9. The van der Waals surface area contributed by atoms with E-state index in [1.54, 1.807) is 7.11 Å². The van der Waals surface area contributed by atoms with Gasteiger partial charge in [-0.2, -0.15) is 0 Å². The first-order chi connectivity index (χ1) is 18.5. The zero-order valence-corrected chi connectivity index (χ0v) is 22.5. The number of hydrogen-bond donors (Lipinski definition) is 0. The van der Waals surface area contributed by atoms with Gasteiger partial charge in [-0.15, -0.1) is 0 Å². The van der Waals surface area contributed by atoms with Gasteiger partial charge >= 0.3 is 0 Å². The Morgan fingerprint density at radius 1 is 1.05 bits per heavy atom. The van der Waals surface area contributed by atoms with Gasteiger partial charge < -0.3 is 19.3 Å². The number of aromatic nitrogens is 2. The highest BCUT2D eigenvalue weighted by atomic mass is 19.1. The summed E-state index contributed by atoms with van der Waals surface area (Å²) in [4.78, 5) is 16.7. The van der Waals surface area contributed by atoms with Crippen molar-refractivity contribution < 1.29 is 13.9 Å². The number of benzene rings is 2. The van der Waals surface area contributed by atoms with Gasteiger partial charge in [0.05, 0.1) is 25.8 Å². The molecular weight excluding hydrogens is 481 g/mol. The van der Waals surface area contributed by atoms with Crippen LogP contribution in [0.1, 0.15) is 43.0 Å². The molecule has 202 valence electrons. The van der Waals surface area contributed by atoms with Crippen LogP contribution in [-0.2, 0) is 10.4 Å². The molecule has 1 aromatic heterocycles. The van der Waals surface area contributed by atoms with Crippen molar-refractivity contribution in [2.24, 2.45) is 0 Å². The SMILES string of the molecule is COc1ccccc1C1CCN(c2nc(C3(F)CC3)nc3ccc(N(C)CCN4CCOCC4)cc23)CC1. The molecule has 3 aliphatic rings. The third-order valence-corrected chi connectivity index (χ3v) is 8.42. The zero-order valence-electron chi connectivity index (χ0n) is 22.5. The Balaban J connectivity index is 1.25. The van der Waals surface area contributed by atoms with Crippen LogP contribution in [0.25, 0.3) is 10.9 Å². The van der Waals surface area contributed by atoms with Crippen molar-refractivity contribution in [3.05, 3.63) is 53.9 Å². The van der Waals surface area contributed by atoms with Crippen molar-refractivity contribution in [1.29, 1.82) is 0 Å². The highest BCUT2D eigenvalue weighted by Gasteiger charge is 2.48. The minimum Gasteiger partial charge on any atom is -0.496 e. The number of fused-ring (bicyclic) bond motifs is 1. The van der Waals surface area contributed by atoms with Crippen LogP contribution in [0.4, 0.5) is 15.9 Å². The van der Waals surface area contributed by atoms with Gasteiger partial charge in [0.1, 0.15) is 11.6 Å². The van der Waals surface area contributed by atoms with Gasteiger partial charge in [0.15, 0.2) is 11.5 Å². The van der Waals surface area contributed by atoms with Crippen LogP contribution in [-0.4, -0.2) is 81.5 Å². The van der Waals surface area contributed by atoms with Gasteiger partial charge in [0, 0.05) is 57.4 Å². The lowest BCUT2D eigenvalue weighted by molar-refractivity contribution is 0.0393. The Kier molecular flexibility index (Phi) is 7.10. The molecule has 3 heterocycles. The van der Waals surface area contributed by atoms with E-state index in [1.807, 2.05) is 18.2 Å². The van der Waals surface area contributed by atoms with Gasteiger partial charge in [-0.3, -0.25) is 4.90 Å². The van der Waals surface area contributed by atoms with E-state index in [9.17, 15) is 0 Å². The monoisotopic (exact) mass is 519 g/mol. The molecule has 0 N–H and O–H groups in total. The number of halogens is 1. The Labute approximate surface area is 224 Å². The number of rotatable bonds is 8. The van der Waals surface area contributed by atoms with Crippen molar-refractivity contribution in [3.63, 3.8) is 0 Å². The Morgan fingerprint density at radius 3 is 2.55 bits per heavy atom. The molecule has 1 saturated carbocycles. The molecule has 0 bridgehead atoms. The van der Waals surface area contributed by atoms with Crippen LogP contribution in [0.2, 0.25) is 0 Å². The number of alkyl halides is 1. The Bertz CT molecular complexity index is 1270. The number of morpholine rings is 1. The third-order valence-electron chi connectivity index (χ3n) is 8.42. The molecular formula is C30H38FN5O2. The van der Waals surface area contributed by atoms with Crippen LogP contribution >= 0.6 is 0 Å². The molecule has 0 spiro atoms. The van der Waals surface area contributed by atoms with Crippen molar-refractivity contribution in [1.82, 2.24) is 14.9 Å². The summed E-state index contributed by atoms with van der Waals surface area (Å²) in [7, 11) is 3.87. The molecule has 0 amide bonds. The number of methoxy groups -OCH3 is 1. The lowest BCUT2D eigenvalue weighted by atomic mass is 9.88. The van der Waals surface area contributed by atoms with Crippen molar-refractivity contribution in [2.75, 3.05) is 76.4 Å². The van der Waals surface area contributed by atoms with Gasteiger partial charge in [-0.05, 0) is 61.4 Å². The summed E-state index contributed by atoms with van der Waals surface area (Å²) in [5.41, 5.74) is 1.86. The smallest absolute Gasteiger partial charge is 0.170 e. The summed E-state index contributed by atoms with van der Waals surface area (Å²) in [6.45, 7) is 7.26. The van der Waals surface area contributed by atoms with Gasteiger partial charge in [0.25, 0.3) is 0 Å². The predicted octanol–water partition coefficient (Wildman–Crippen LogP) is 4.75. The summed E-state index contributed by atoms with van der Waals surface area (Å²) in [5.74, 6) is 2.61. The Hall–Kier alpha value is -2.97. The fourth-order valence-electron chi connectivity index (χ4n) is 5.76. The van der Waals surface area contributed by atoms with E-state index in [0.717, 1.165) is 93.5 Å². The second kappa shape index (κ2) is 10.7. The minimum absolute atomic E-state index is 0.347. The van der Waals surface area contributed by atoms with Crippen LogP contribution in [0.3, 0.4) is 0 Å². The molecule has 3 fully saturated rings. The number of ether oxygens (including phenoxy) is 2. The normalized spacial score (nSPS) is 20.0. The maximum Gasteiger partial charge on any atom is 0.170 e. The molecule has 3 aromatic rings. The number of likely N-dealkylation sites (N-methyl/N-ethyl adjacent to an activating group) is 1. The summed E-state index contributed by atoms with van der Waals surface area (Å²) in [6, 6.07) is 14.7. The molecule has 2 saturated heterocycles. The van der Waals surface area contributed by atoms with Crippen molar-refractivity contribution >= 4 is 22.4 Å². The average molecular weight is 520 g/mol. The number of hydrogen-bond acceptors (Lipinski definition) is 7. The van der Waals surface area contributed by atoms with E-state index in [1.165, 1.54) is 5.56 Å². The third kappa shape index (κ3) is 5.16. The topological polar surface area (TPSA) is 54.0 Å². The molecule has 6 rings (SSSR count). The van der Waals surface area contributed by atoms with E-state index < -0.39 is 5.67 Å². The molecule has 0 radical (unpaired) electrons. The molecule has 2 aromatic carbocycles. The van der Waals surface area contributed by atoms with E-state index >= 15 is 4.39 Å². The standard InChI is InChI=1S/C30H38FN5O2/c1-34(15-16-35-17-19-38-20-18-35)23-7-8-26-25(21-23)28(33-29(32-26)30(31)11-12-30)36-13-9-22(10-14-36)24-5-3-4-6-27(24)37-2/h3-8,21-22H,9-20H2,1-2H3. The minimum atomic E-state index is -1.37. The molecule has 0 atom stereocenters. The summed E-state index contributed by atoms with van der Waals surface area (Å²) in [6.07, 6.45) is 3.02. The maximum atomic E-state index is 15.2. The van der Waals surface area contributed by atoms with E-state index in [-0.39, 0.29) is 0 Å². The molecule has 0 unspecified atom stereocenters. The maximum absolute atomic E-state index is 15.2. The highest BCUT2D eigenvalue weighted by molar-refractivity contribution is 5.92. The second-order valence-electron chi connectivity index (χ2n) is 10.9. The number of nitrogens with zero attached hydrogens (tertiary/aromatic N) is 5. The van der Waals surface area contributed by atoms with Gasteiger partial charge in [0.2, 0.25) is 0 Å². The van der Waals surface area contributed by atoms with Crippen LogP contribution < -0.4 is 14.5 Å². The molecule has 1 aliphatic carbocycles. The van der Waals surface area contributed by atoms with E-state index in [2.05, 4.69) is 46.0 Å². The second-order valence-corrected chi connectivity index (χ2v) is 10.9. The molecule has 38 heavy (non-hydrogen) atoms. The lowest BCUT2D eigenvalue weighted by Gasteiger charge is -2.34. The quantitative estimate of drug-likeness (QED) is 0.426. The zero-order chi connectivity index (χ0) is 26.1. The fourth-order valence-corrected chi connectivity index (χ4v) is 5.76. The first-order valence-corrected chi connectivity index (χ1v) is 13.9. The molecule has 7 nitrogen and oxygen atoms in total. The Morgan fingerprint density at radius 2 is 1.82 bits per heavy atom. The van der Waals surface area contributed by atoms with E-state index in [4.69, 9.17) is 19.4 Å². The lowest BCUT2D eigenvalue weighted by Crippen LogP contribution is -2.40. The number of para-hydroxylation sites is 1. The van der Waals surface area contributed by atoms with E-state index in [0.29, 0.717) is 24.6 Å². The molecule has 8 heteroatoms. The summed E-state index contributed by atoms with van der Waals surface area (Å²) in [5, 5.41) is 1.00. The average Bonchev–Trinajstić information content (AvgIpc) is 3.74. The van der Waals surface area contributed by atoms with Crippen LogP contribution in [0, 0.1) is 0 Å². The largest absolute Gasteiger partial charge is 0.496 e. The number of piperidine rings is 1. The number of anilines is 2. The van der Waals surface area contributed by atoms with Crippen molar-refractivity contribution in [2.45, 2.75) is 37.3 Å². The summed E-state index contributed by atoms with van der Waals surface area (Å²) < 4.78 is 26.3. The van der Waals surface area contributed by atoms with Gasteiger partial charge in [-0.1, -0.05) is 18.2 Å². The highest BCUT2D eigenvalue weighted by Crippen LogP contribution is 2.49. The van der Waals surface area contributed by atoms with Crippen molar-refractivity contribution in [3.8, 4) is 5.75 Å². The first kappa shape index (κ1) is 25.3. The fraction of sp³-hybridized carbons (Fsp3) is 0.533. The van der Waals surface area contributed by atoms with Crippen LogP contribution in [0.5, 0.6) is 5.75 Å². The van der Waals surface area contributed by atoms with Gasteiger partial charge in [-0.25, -0.2) is 14.4 Å². The summed E-state index contributed by atoms with van der Waals surface area (Å²) >= 11 is 0. The van der Waals surface area contributed by atoms with Crippen LogP contribution in [0.15, 0.2) is 42.5 Å². The molecule has 2 aliphatic heterocycles. The predicted molar refractivity (Wildman–Crippen MR) is 149 cm³/mol.